The first kappa shape index (κ1) is 23.4. The van der Waals surface area contributed by atoms with Crippen LogP contribution in [0.1, 0.15) is 61.5 Å². The number of hydrogen-bond donors (Lipinski definition) is 3. The number of aromatic amines is 1. The summed E-state index contributed by atoms with van der Waals surface area (Å²) in [6.07, 6.45) is 5.51. The molecule has 1 fully saturated rings. The largest absolute Gasteiger partial charge is 0.324 e. The molecule has 8 nitrogen and oxygen atoms in total. The standard InChI is InChI=1S/C24H30BrN7O/c1-3-32(4-2)12-6-9-21(33)17-7-5-8-18(13-17)27-24-26-15-19(25)23(29-24)28-22-14-20(30-31-22)16-10-11-16/h5,7-8,13-16H,3-4,6,9-12H2,1-2H3,(H3,26,27,28,29,30,31). The molecular formula is C24H30BrN7O. The number of anilines is 4. The third kappa shape index (κ3) is 6.39. The van der Waals surface area contributed by atoms with Crippen molar-refractivity contribution in [2.24, 2.45) is 0 Å². The Morgan fingerprint density at radius 3 is 2.79 bits per heavy atom. The lowest BCUT2D eigenvalue weighted by atomic mass is 10.1. The van der Waals surface area contributed by atoms with Crippen molar-refractivity contribution in [3.05, 3.63) is 52.3 Å². The van der Waals surface area contributed by atoms with Crippen LogP contribution in [0, 0.1) is 0 Å². The lowest BCUT2D eigenvalue weighted by molar-refractivity contribution is 0.0975. The number of Topliss-reactive ketones (excluding diaryl/α,β-unsaturated/α-hetero) is 1. The maximum Gasteiger partial charge on any atom is 0.229 e. The van der Waals surface area contributed by atoms with E-state index < -0.39 is 0 Å². The van der Waals surface area contributed by atoms with Crippen molar-refractivity contribution < 1.29 is 4.79 Å². The van der Waals surface area contributed by atoms with Crippen LogP contribution in [0.4, 0.5) is 23.3 Å². The van der Waals surface area contributed by atoms with Crippen molar-refractivity contribution >= 4 is 45.0 Å². The Balaban J connectivity index is 1.39. The number of aromatic nitrogens is 4. The second-order valence-corrected chi connectivity index (χ2v) is 9.11. The van der Waals surface area contributed by atoms with Crippen LogP contribution in [0.2, 0.25) is 0 Å². The van der Waals surface area contributed by atoms with Crippen LogP contribution < -0.4 is 10.6 Å². The van der Waals surface area contributed by atoms with Gasteiger partial charge in [-0.05, 0) is 67.0 Å². The Labute approximate surface area is 202 Å². The van der Waals surface area contributed by atoms with Gasteiger partial charge in [0.1, 0.15) is 0 Å². The zero-order valence-corrected chi connectivity index (χ0v) is 20.7. The molecule has 33 heavy (non-hydrogen) atoms. The van der Waals surface area contributed by atoms with E-state index in [1.54, 1.807) is 6.20 Å². The van der Waals surface area contributed by atoms with Gasteiger partial charge in [-0.1, -0.05) is 26.0 Å². The van der Waals surface area contributed by atoms with Crippen LogP contribution in [0.15, 0.2) is 41.0 Å². The first-order valence-corrected chi connectivity index (χ1v) is 12.3. The predicted octanol–water partition coefficient (Wildman–Crippen LogP) is 5.63. The van der Waals surface area contributed by atoms with Gasteiger partial charge in [-0.3, -0.25) is 9.89 Å². The van der Waals surface area contributed by atoms with E-state index in [4.69, 9.17) is 0 Å². The molecule has 0 saturated heterocycles. The van der Waals surface area contributed by atoms with Crippen LogP contribution >= 0.6 is 15.9 Å². The quantitative estimate of drug-likeness (QED) is 0.271. The van der Waals surface area contributed by atoms with Gasteiger partial charge < -0.3 is 15.5 Å². The molecule has 1 saturated carbocycles. The topological polar surface area (TPSA) is 98.8 Å². The highest BCUT2D eigenvalue weighted by molar-refractivity contribution is 9.10. The third-order valence-corrected chi connectivity index (χ3v) is 6.40. The van der Waals surface area contributed by atoms with Gasteiger partial charge in [-0.15, -0.1) is 0 Å². The van der Waals surface area contributed by atoms with Gasteiger partial charge in [0.15, 0.2) is 17.4 Å². The molecule has 0 unspecified atom stereocenters. The molecule has 1 aliphatic carbocycles. The van der Waals surface area contributed by atoms with Gasteiger partial charge in [-0.25, -0.2) is 4.98 Å². The molecule has 0 radical (unpaired) electrons. The van der Waals surface area contributed by atoms with Gasteiger partial charge in [0.2, 0.25) is 5.95 Å². The summed E-state index contributed by atoms with van der Waals surface area (Å²) >= 11 is 3.50. The van der Waals surface area contributed by atoms with Crippen molar-refractivity contribution in [2.75, 3.05) is 30.3 Å². The number of hydrogen-bond acceptors (Lipinski definition) is 7. The monoisotopic (exact) mass is 511 g/mol. The average Bonchev–Trinajstić information content (AvgIpc) is 3.58. The number of rotatable bonds is 12. The first-order chi connectivity index (χ1) is 16.1. The second kappa shape index (κ2) is 10.9. The minimum absolute atomic E-state index is 0.148. The lowest BCUT2D eigenvalue weighted by Crippen LogP contribution is -2.24. The van der Waals surface area contributed by atoms with Crippen molar-refractivity contribution in [1.29, 1.82) is 0 Å². The van der Waals surface area contributed by atoms with Crippen molar-refractivity contribution in [3.63, 3.8) is 0 Å². The molecular weight excluding hydrogens is 482 g/mol. The van der Waals surface area contributed by atoms with E-state index in [-0.39, 0.29) is 5.78 Å². The molecule has 9 heteroatoms. The Bertz CT molecular complexity index is 1090. The maximum absolute atomic E-state index is 12.7. The summed E-state index contributed by atoms with van der Waals surface area (Å²) in [5.41, 5.74) is 2.62. The summed E-state index contributed by atoms with van der Waals surface area (Å²) in [6, 6.07) is 9.51. The fraction of sp³-hybridized carbons (Fsp3) is 0.417. The number of carbonyl (C=O) groups excluding carboxylic acids is 1. The molecule has 1 aliphatic rings. The smallest absolute Gasteiger partial charge is 0.229 e. The highest BCUT2D eigenvalue weighted by atomic mass is 79.9. The molecule has 0 bridgehead atoms. The zero-order chi connectivity index (χ0) is 23.2. The summed E-state index contributed by atoms with van der Waals surface area (Å²) in [6.45, 7) is 7.25. The van der Waals surface area contributed by atoms with Crippen molar-refractivity contribution in [3.8, 4) is 0 Å². The van der Waals surface area contributed by atoms with Gasteiger partial charge >= 0.3 is 0 Å². The molecule has 1 aromatic carbocycles. The highest BCUT2D eigenvalue weighted by Gasteiger charge is 2.25. The summed E-state index contributed by atoms with van der Waals surface area (Å²) in [7, 11) is 0. The van der Waals surface area contributed by atoms with Crippen molar-refractivity contribution in [1.82, 2.24) is 25.1 Å². The minimum Gasteiger partial charge on any atom is -0.324 e. The molecule has 0 spiro atoms. The van der Waals surface area contributed by atoms with E-state index in [1.165, 1.54) is 12.8 Å². The molecule has 2 heterocycles. The minimum atomic E-state index is 0.148. The maximum atomic E-state index is 12.7. The number of benzene rings is 1. The normalized spacial score (nSPS) is 13.3. The highest BCUT2D eigenvalue weighted by Crippen LogP contribution is 2.39. The lowest BCUT2D eigenvalue weighted by Gasteiger charge is -2.17. The SMILES string of the molecule is CCN(CC)CCCC(=O)c1cccc(Nc2ncc(Br)c(Nc3cc(C4CC4)[nH]n3)n2)c1. The molecule has 174 valence electrons. The summed E-state index contributed by atoms with van der Waals surface area (Å²) in [5, 5.41) is 13.9. The van der Waals surface area contributed by atoms with Crippen LogP contribution in [0.25, 0.3) is 0 Å². The number of carbonyl (C=O) groups is 1. The molecule has 0 amide bonds. The van der Waals surface area contributed by atoms with Crippen molar-refractivity contribution in [2.45, 2.75) is 45.4 Å². The van der Waals surface area contributed by atoms with Gasteiger partial charge in [0.05, 0.1) is 4.47 Å². The van der Waals surface area contributed by atoms with E-state index in [0.717, 1.165) is 47.7 Å². The van der Waals surface area contributed by atoms with Gasteiger partial charge in [-0.2, -0.15) is 10.1 Å². The fourth-order valence-electron chi connectivity index (χ4n) is 3.69. The van der Waals surface area contributed by atoms with E-state index >= 15 is 0 Å². The number of ketones is 1. The van der Waals surface area contributed by atoms with E-state index in [2.05, 4.69) is 65.5 Å². The van der Waals surface area contributed by atoms with Gasteiger partial charge in [0, 0.05) is 41.5 Å². The number of halogens is 1. The third-order valence-electron chi connectivity index (χ3n) is 5.82. The van der Waals surface area contributed by atoms with Crippen LogP contribution in [0.5, 0.6) is 0 Å². The van der Waals surface area contributed by atoms with E-state index in [1.807, 2.05) is 30.3 Å². The summed E-state index contributed by atoms with van der Waals surface area (Å²) < 4.78 is 0.737. The Morgan fingerprint density at radius 2 is 2.03 bits per heavy atom. The second-order valence-electron chi connectivity index (χ2n) is 8.26. The van der Waals surface area contributed by atoms with Gasteiger partial charge in [0.25, 0.3) is 0 Å². The number of H-pyrrole nitrogens is 1. The molecule has 3 aromatic rings. The summed E-state index contributed by atoms with van der Waals surface area (Å²) in [5.74, 6) is 2.52. The molecule has 0 atom stereocenters. The van der Waals surface area contributed by atoms with E-state index in [0.29, 0.717) is 29.7 Å². The fourth-order valence-corrected chi connectivity index (χ4v) is 3.98. The molecule has 2 aromatic heterocycles. The predicted molar refractivity (Wildman–Crippen MR) is 135 cm³/mol. The number of nitrogens with zero attached hydrogens (tertiary/aromatic N) is 4. The Kier molecular flexibility index (Phi) is 7.72. The Morgan fingerprint density at radius 1 is 1.21 bits per heavy atom. The van der Waals surface area contributed by atoms with Crippen LogP contribution in [-0.4, -0.2) is 50.5 Å². The summed E-state index contributed by atoms with van der Waals surface area (Å²) in [4.78, 5) is 23.9. The average molecular weight is 512 g/mol. The molecule has 3 N–H and O–H groups in total. The molecule has 0 aliphatic heterocycles. The number of nitrogens with one attached hydrogen (secondary N) is 3. The molecule has 4 rings (SSSR count). The van der Waals surface area contributed by atoms with Crippen LogP contribution in [-0.2, 0) is 0 Å². The first-order valence-electron chi connectivity index (χ1n) is 11.5. The zero-order valence-electron chi connectivity index (χ0n) is 19.1. The van der Waals surface area contributed by atoms with Crippen LogP contribution in [0.3, 0.4) is 0 Å². The van der Waals surface area contributed by atoms with E-state index in [9.17, 15) is 4.79 Å². The Hall–Kier alpha value is -2.78.